The van der Waals surface area contributed by atoms with Gasteiger partial charge in [0.25, 0.3) is 0 Å². The molecule has 0 bridgehead atoms. The van der Waals surface area contributed by atoms with E-state index in [2.05, 4.69) is 0 Å². The normalized spacial score (nSPS) is 13.3. The molecule has 19 heavy (non-hydrogen) atoms. The number of amides is 1. The average Bonchev–Trinajstić information content (AvgIpc) is 2.27. The number of rotatable bonds is 5. The summed E-state index contributed by atoms with van der Waals surface area (Å²) in [5, 5.41) is 0. The van der Waals surface area contributed by atoms with E-state index >= 15 is 0 Å². The van der Waals surface area contributed by atoms with Gasteiger partial charge in [0.05, 0.1) is 5.54 Å². The molecule has 0 fully saturated rings. The molecule has 1 atom stereocenters. The molecular weight excluding hydrogens is 267 g/mol. The van der Waals surface area contributed by atoms with Crippen LogP contribution in [0.1, 0.15) is 32.3 Å². The minimum absolute atomic E-state index is 0. The first-order valence-corrected chi connectivity index (χ1v) is 6.15. The number of carbonyl (C=O) groups excluding carboxylic acids is 1. The molecule has 0 heterocycles. The lowest BCUT2D eigenvalue weighted by molar-refractivity contribution is -0.135. The minimum atomic E-state index is -0.850. The van der Waals surface area contributed by atoms with Gasteiger partial charge < -0.3 is 10.6 Å². The summed E-state index contributed by atoms with van der Waals surface area (Å²) in [6, 6.07) is 6.24. The van der Waals surface area contributed by atoms with Crippen molar-refractivity contribution in [2.45, 2.75) is 38.8 Å². The van der Waals surface area contributed by atoms with Gasteiger partial charge in [-0.05, 0) is 31.0 Å². The number of hydrogen-bond donors (Lipinski definition) is 1. The van der Waals surface area contributed by atoms with Crippen LogP contribution < -0.4 is 5.73 Å². The van der Waals surface area contributed by atoms with Gasteiger partial charge in [0.2, 0.25) is 5.91 Å². The molecule has 0 aliphatic rings. The maximum atomic E-state index is 13.0. The van der Waals surface area contributed by atoms with Crippen LogP contribution in [0.4, 0.5) is 4.39 Å². The molecule has 1 rings (SSSR count). The standard InChI is InChI=1S/C14H21FN2O.ClH/c1-4-8-14(2,16)13(18)17(3)10-11-6-5-7-12(15)9-11;/h5-7,9H,4,8,10,16H2,1-3H3;1H. The number of benzene rings is 1. The third kappa shape index (κ3) is 5.17. The van der Waals surface area contributed by atoms with E-state index in [-0.39, 0.29) is 24.1 Å². The predicted octanol–water partition coefficient (Wildman–Crippen LogP) is 2.72. The van der Waals surface area contributed by atoms with Crippen molar-refractivity contribution < 1.29 is 9.18 Å². The smallest absolute Gasteiger partial charge is 0.242 e. The van der Waals surface area contributed by atoms with E-state index in [9.17, 15) is 9.18 Å². The Morgan fingerprint density at radius 3 is 2.63 bits per heavy atom. The van der Waals surface area contributed by atoms with Crippen LogP contribution in [0, 0.1) is 5.82 Å². The third-order valence-corrected chi connectivity index (χ3v) is 2.91. The van der Waals surface area contributed by atoms with Crippen molar-refractivity contribution in [1.82, 2.24) is 4.90 Å². The molecule has 0 aliphatic heterocycles. The van der Waals surface area contributed by atoms with E-state index in [4.69, 9.17) is 5.73 Å². The van der Waals surface area contributed by atoms with Crippen molar-refractivity contribution in [3.63, 3.8) is 0 Å². The molecule has 0 aromatic heterocycles. The molecule has 0 saturated carbocycles. The van der Waals surface area contributed by atoms with Crippen LogP contribution in [0.15, 0.2) is 24.3 Å². The molecule has 0 aliphatic carbocycles. The van der Waals surface area contributed by atoms with Gasteiger partial charge in [0.1, 0.15) is 5.82 Å². The van der Waals surface area contributed by atoms with Crippen molar-refractivity contribution in [2.75, 3.05) is 7.05 Å². The molecule has 1 amide bonds. The second-order valence-corrected chi connectivity index (χ2v) is 4.96. The molecule has 2 N–H and O–H groups in total. The van der Waals surface area contributed by atoms with Gasteiger partial charge in [-0.2, -0.15) is 0 Å². The van der Waals surface area contributed by atoms with Gasteiger partial charge in [0.15, 0.2) is 0 Å². The van der Waals surface area contributed by atoms with Gasteiger partial charge in [-0.15, -0.1) is 12.4 Å². The van der Waals surface area contributed by atoms with Crippen molar-refractivity contribution >= 4 is 18.3 Å². The van der Waals surface area contributed by atoms with Crippen molar-refractivity contribution in [3.05, 3.63) is 35.6 Å². The van der Waals surface area contributed by atoms with Crippen LogP contribution >= 0.6 is 12.4 Å². The SMILES string of the molecule is CCCC(C)(N)C(=O)N(C)Cc1cccc(F)c1.Cl. The molecule has 3 nitrogen and oxygen atoms in total. The van der Waals surface area contributed by atoms with Gasteiger partial charge in [0, 0.05) is 13.6 Å². The van der Waals surface area contributed by atoms with E-state index in [0.717, 1.165) is 12.0 Å². The van der Waals surface area contributed by atoms with Crippen LogP contribution in [-0.4, -0.2) is 23.4 Å². The largest absolute Gasteiger partial charge is 0.340 e. The average molecular weight is 289 g/mol. The molecule has 0 saturated heterocycles. The Morgan fingerprint density at radius 1 is 1.47 bits per heavy atom. The monoisotopic (exact) mass is 288 g/mol. The predicted molar refractivity (Wildman–Crippen MR) is 77.6 cm³/mol. The number of nitrogens with zero attached hydrogens (tertiary/aromatic N) is 1. The molecule has 1 aromatic carbocycles. The summed E-state index contributed by atoms with van der Waals surface area (Å²) in [6.07, 6.45) is 1.49. The van der Waals surface area contributed by atoms with E-state index < -0.39 is 5.54 Å². The van der Waals surface area contributed by atoms with Crippen LogP contribution in [-0.2, 0) is 11.3 Å². The number of likely N-dealkylation sites (N-methyl/N-ethyl adjacent to an activating group) is 1. The first-order valence-electron chi connectivity index (χ1n) is 6.15. The van der Waals surface area contributed by atoms with E-state index in [1.165, 1.54) is 12.1 Å². The Kier molecular flexibility index (Phi) is 7.01. The molecular formula is C14H22ClFN2O. The second kappa shape index (κ2) is 7.46. The van der Waals surface area contributed by atoms with Crippen molar-refractivity contribution in [3.8, 4) is 0 Å². The summed E-state index contributed by atoms with van der Waals surface area (Å²) < 4.78 is 13.0. The minimum Gasteiger partial charge on any atom is -0.340 e. The van der Waals surface area contributed by atoms with Gasteiger partial charge in [-0.25, -0.2) is 4.39 Å². The Balaban J connectivity index is 0.00000324. The van der Waals surface area contributed by atoms with Crippen LogP contribution in [0.3, 0.4) is 0 Å². The zero-order valence-electron chi connectivity index (χ0n) is 11.6. The molecule has 0 spiro atoms. The Morgan fingerprint density at radius 2 is 2.11 bits per heavy atom. The summed E-state index contributed by atoms with van der Waals surface area (Å²) in [5.74, 6) is -0.411. The molecule has 108 valence electrons. The highest BCUT2D eigenvalue weighted by Gasteiger charge is 2.29. The molecule has 1 aromatic rings. The number of hydrogen-bond acceptors (Lipinski definition) is 2. The second-order valence-electron chi connectivity index (χ2n) is 4.96. The van der Waals surface area contributed by atoms with Gasteiger partial charge in [-0.3, -0.25) is 4.79 Å². The molecule has 5 heteroatoms. The quantitative estimate of drug-likeness (QED) is 0.905. The Bertz CT molecular complexity index is 424. The number of nitrogens with two attached hydrogens (primary N) is 1. The summed E-state index contributed by atoms with van der Waals surface area (Å²) in [4.78, 5) is 13.7. The third-order valence-electron chi connectivity index (χ3n) is 2.91. The fourth-order valence-corrected chi connectivity index (χ4v) is 2.04. The van der Waals surface area contributed by atoms with Gasteiger partial charge >= 0.3 is 0 Å². The number of halogens is 2. The maximum Gasteiger partial charge on any atom is 0.242 e. The van der Waals surface area contributed by atoms with Gasteiger partial charge in [-0.1, -0.05) is 25.5 Å². The Labute approximate surface area is 120 Å². The topological polar surface area (TPSA) is 46.3 Å². The van der Waals surface area contributed by atoms with E-state index in [1.807, 2.05) is 6.92 Å². The lowest BCUT2D eigenvalue weighted by Gasteiger charge is -2.29. The van der Waals surface area contributed by atoms with Crippen LogP contribution in [0.25, 0.3) is 0 Å². The lowest BCUT2D eigenvalue weighted by atomic mass is 9.96. The fraction of sp³-hybridized carbons (Fsp3) is 0.500. The highest BCUT2D eigenvalue weighted by atomic mass is 35.5. The van der Waals surface area contributed by atoms with Crippen molar-refractivity contribution in [2.24, 2.45) is 5.73 Å². The van der Waals surface area contributed by atoms with E-state index in [1.54, 1.807) is 31.0 Å². The van der Waals surface area contributed by atoms with Crippen LogP contribution in [0.2, 0.25) is 0 Å². The highest BCUT2D eigenvalue weighted by Crippen LogP contribution is 2.14. The van der Waals surface area contributed by atoms with Crippen molar-refractivity contribution in [1.29, 1.82) is 0 Å². The highest BCUT2D eigenvalue weighted by molar-refractivity contribution is 5.85. The zero-order valence-corrected chi connectivity index (χ0v) is 12.5. The summed E-state index contributed by atoms with van der Waals surface area (Å²) >= 11 is 0. The molecule has 1 unspecified atom stereocenters. The zero-order chi connectivity index (χ0) is 13.8. The first kappa shape index (κ1) is 17.9. The maximum absolute atomic E-state index is 13.0. The first-order chi connectivity index (χ1) is 8.36. The number of carbonyl (C=O) groups is 1. The fourth-order valence-electron chi connectivity index (χ4n) is 2.04. The summed E-state index contributed by atoms with van der Waals surface area (Å²) in [7, 11) is 1.69. The Hall–Kier alpha value is -1.13. The molecule has 0 radical (unpaired) electrons. The van der Waals surface area contributed by atoms with Crippen LogP contribution in [0.5, 0.6) is 0 Å². The summed E-state index contributed by atoms with van der Waals surface area (Å²) in [5.41, 5.74) is 5.90. The lowest BCUT2D eigenvalue weighted by Crippen LogP contribution is -2.51. The van der Waals surface area contributed by atoms with E-state index in [0.29, 0.717) is 13.0 Å². The summed E-state index contributed by atoms with van der Waals surface area (Å²) in [6.45, 7) is 4.10.